The molecule has 1 fully saturated rings. The molecule has 208 valence electrons. The molecular formula is C29H33N7O3S. The molecule has 1 aliphatic rings. The molecule has 0 saturated carbocycles. The van der Waals surface area contributed by atoms with E-state index < -0.39 is 5.60 Å². The molecule has 11 heteroatoms. The van der Waals surface area contributed by atoms with E-state index in [1.165, 1.54) is 11.3 Å². The number of hydrogen-bond donors (Lipinski definition) is 2. The fourth-order valence-electron chi connectivity index (χ4n) is 4.38. The summed E-state index contributed by atoms with van der Waals surface area (Å²) in [6, 6.07) is 19.6. The number of thiazole rings is 1. The molecule has 1 aliphatic heterocycles. The number of anilines is 4. The second-order valence-corrected chi connectivity index (χ2v) is 11.4. The van der Waals surface area contributed by atoms with Crippen molar-refractivity contribution in [3.8, 4) is 11.3 Å². The lowest BCUT2D eigenvalue weighted by Gasteiger charge is -2.37. The van der Waals surface area contributed by atoms with Crippen LogP contribution in [0.25, 0.3) is 11.3 Å². The van der Waals surface area contributed by atoms with Gasteiger partial charge >= 0.3 is 6.09 Å². The van der Waals surface area contributed by atoms with Gasteiger partial charge in [0.15, 0.2) is 5.13 Å². The van der Waals surface area contributed by atoms with Crippen LogP contribution < -0.4 is 15.5 Å². The van der Waals surface area contributed by atoms with E-state index in [1.807, 2.05) is 88.5 Å². The Morgan fingerprint density at radius 3 is 2.40 bits per heavy atom. The molecule has 0 atom stereocenters. The summed E-state index contributed by atoms with van der Waals surface area (Å²) in [4.78, 5) is 34.0. The van der Waals surface area contributed by atoms with Crippen LogP contribution in [0, 0.1) is 0 Å². The summed E-state index contributed by atoms with van der Waals surface area (Å²) >= 11 is 1.35. The number of carbonyl (C=O) groups is 2. The maximum absolute atomic E-state index is 13.1. The quantitative estimate of drug-likeness (QED) is 0.317. The Labute approximate surface area is 237 Å². The van der Waals surface area contributed by atoms with Gasteiger partial charge in [-0.25, -0.2) is 9.78 Å². The average molecular weight is 560 g/mol. The molecule has 0 unspecified atom stereocenters. The summed E-state index contributed by atoms with van der Waals surface area (Å²) < 4.78 is 7.26. The number of piperazine rings is 1. The topological polar surface area (TPSA) is 105 Å². The maximum Gasteiger partial charge on any atom is 0.410 e. The molecule has 0 radical (unpaired) electrons. The van der Waals surface area contributed by atoms with E-state index in [0.717, 1.165) is 22.8 Å². The van der Waals surface area contributed by atoms with Gasteiger partial charge in [0.2, 0.25) is 0 Å². The first-order valence-electron chi connectivity index (χ1n) is 13.1. The lowest BCUT2D eigenvalue weighted by Crippen LogP contribution is -2.50. The first-order valence-corrected chi connectivity index (χ1v) is 14.0. The molecule has 2 N–H and O–H groups in total. The smallest absolute Gasteiger partial charge is 0.410 e. The lowest BCUT2D eigenvalue weighted by atomic mass is 10.2. The zero-order valence-electron chi connectivity index (χ0n) is 23.0. The van der Waals surface area contributed by atoms with Crippen molar-refractivity contribution in [2.24, 2.45) is 7.05 Å². The molecule has 2 aromatic carbocycles. The van der Waals surface area contributed by atoms with Crippen LogP contribution in [0.3, 0.4) is 0 Å². The Morgan fingerprint density at radius 2 is 1.68 bits per heavy atom. The van der Waals surface area contributed by atoms with Gasteiger partial charge in [0.05, 0.1) is 17.1 Å². The van der Waals surface area contributed by atoms with Crippen LogP contribution in [0.4, 0.5) is 27.1 Å². The molecule has 3 heterocycles. The van der Waals surface area contributed by atoms with E-state index >= 15 is 0 Å². The Bertz CT molecular complexity index is 1480. The molecule has 1 saturated heterocycles. The normalized spacial score (nSPS) is 13.7. The van der Waals surface area contributed by atoms with Crippen molar-refractivity contribution in [2.45, 2.75) is 26.4 Å². The zero-order chi connectivity index (χ0) is 28.3. The third-order valence-electron chi connectivity index (χ3n) is 6.35. The number of nitrogens with zero attached hydrogens (tertiary/aromatic N) is 5. The second-order valence-electron chi connectivity index (χ2n) is 10.5. The number of aryl methyl sites for hydroxylation is 1. The Hall–Kier alpha value is -4.38. The van der Waals surface area contributed by atoms with Gasteiger partial charge in [-0.05, 0) is 32.9 Å². The summed E-state index contributed by atoms with van der Waals surface area (Å²) in [5.74, 6) is 0.482. The van der Waals surface area contributed by atoms with Crippen molar-refractivity contribution in [1.82, 2.24) is 19.7 Å². The van der Waals surface area contributed by atoms with Gasteiger partial charge in [-0.15, -0.1) is 11.3 Å². The molecule has 2 aromatic heterocycles. The van der Waals surface area contributed by atoms with Gasteiger partial charge in [-0.3, -0.25) is 9.48 Å². The molecule has 4 aromatic rings. The van der Waals surface area contributed by atoms with E-state index in [9.17, 15) is 9.59 Å². The summed E-state index contributed by atoms with van der Waals surface area (Å²) in [7, 11) is 1.86. The fraction of sp³-hybridized carbons (Fsp3) is 0.310. The highest BCUT2D eigenvalue weighted by Crippen LogP contribution is 2.29. The lowest BCUT2D eigenvalue weighted by molar-refractivity contribution is 0.0240. The summed E-state index contributed by atoms with van der Waals surface area (Å²) in [5, 5.41) is 13.2. The number of aromatic nitrogens is 3. The van der Waals surface area contributed by atoms with E-state index in [0.29, 0.717) is 42.7 Å². The number of ether oxygens (including phenoxy) is 1. The third kappa shape index (κ3) is 6.42. The SMILES string of the molecule is Cn1nc(-c2ccccc2)cc1Nc1nc(C(=O)Nc2ccccc2N2CCN(C(=O)OC(C)(C)C)CC2)cs1. The number of amides is 2. The Morgan fingerprint density at radius 1 is 0.975 bits per heavy atom. The van der Waals surface area contributed by atoms with Gasteiger partial charge in [0.1, 0.15) is 17.1 Å². The highest BCUT2D eigenvalue weighted by molar-refractivity contribution is 7.14. The van der Waals surface area contributed by atoms with E-state index in [4.69, 9.17) is 4.74 Å². The molecule has 0 spiro atoms. The monoisotopic (exact) mass is 559 g/mol. The van der Waals surface area contributed by atoms with Crippen LogP contribution in [0.2, 0.25) is 0 Å². The van der Waals surface area contributed by atoms with Gasteiger partial charge < -0.3 is 25.2 Å². The highest BCUT2D eigenvalue weighted by atomic mass is 32.1. The van der Waals surface area contributed by atoms with Crippen molar-refractivity contribution < 1.29 is 14.3 Å². The number of rotatable bonds is 6. The summed E-state index contributed by atoms with van der Waals surface area (Å²) in [6.45, 7) is 7.93. The summed E-state index contributed by atoms with van der Waals surface area (Å²) in [6.07, 6.45) is -0.302. The second kappa shape index (κ2) is 11.4. The molecule has 2 amide bonds. The van der Waals surface area contributed by atoms with Crippen LogP contribution in [0.5, 0.6) is 0 Å². The van der Waals surface area contributed by atoms with Crippen molar-refractivity contribution in [3.63, 3.8) is 0 Å². The van der Waals surface area contributed by atoms with Gasteiger partial charge in [0, 0.05) is 50.2 Å². The van der Waals surface area contributed by atoms with Crippen molar-refractivity contribution >= 4 is 45.7 Å². The number of carbonyl (C=O) groups excluding carboxylic acids is 2. The molecular weight excluding hydrogens is 526 g/mol. The van der Waals surface area contributed by atoms with Crippen molar-refractivity contribution in [1.29, 1.82) is 0 Å². The van der Waals surface area contributed by atoms with Crippen molar-refractivity contribution in [3.05, 3.63) is 71.7 Å². The van der Waals surface area contributed by atoms with Crippen molar-refractivity contribution in [2.75, 3.05) is 41.7 Å². The van der Waals surface area contributed by atoms with Gasteiger partial charge in [-0.2, -0.15) is 5.10 Å². The van der Waals surface area contributed by atoms with E-state index in [1.54, 1.807) is 15.0 Å². The molecule has 0 bridgehead atoms. The van der Waals surface area contributed by atoms with Crippen LogP contribution in [-0.4, -0.2) is 63.4 Å². The highest BCUT2D eigenvalue weighted by Gasteiger charge is 2.27. The average Bonchev–Trinajstić information content (AvgIpc) is 3.55. The first kappa shape index (κ1) is 27.2. The first-order chi connectivity index (χ1) is 19.2. The van der Waals surface area contributed by atoms with E-state index in [-0.39, 0.29) is 12.0 Å². The predicted octanol–water partition coefficient (Wildman–Crippen LogP) is 5.60. The van der Waals surface area contributed by atoms with Crippen LogP contribution in [0.15, 0.2) is 66.0 Å². The minimum absolute atomic E-state index is 0.292. The number of para-hydroxylation sites is 2. The molecule has 5 rings (SSSR count). The van der Waals surface area contributed by atoms with Crippen LogP contribution in [0.1, 0.15) is 31.3 Å². The van der Waals surface area contributed by atoms with Gasteiger partial charge in [0.25, 0.3) is 5.91 Å². The minimum Gasteiger partial charge on any atom is -0.444 e. The predicted molar refractivity (Wildman–Crippen MR) is 158 cm³/mol. The third-order valence-corrected chi connectivity index (χ3v) is 7.10. The zero-order valence-corrected chi connectivity index (χ0v) is 23.9. The number of nitrogens with one attached hydrogen (secondary N) is 2. The standard InChI is InChI=1S/C29H33N7O3S/c1-29(2,3)39-28(38)36-16-14-35(15-17-36)24-13-9-8-12-21(24)30-26(37)23-19-40-27(31-23)32-25-18-22(33-34(25)4)20-10-6-5-7-11-20/h5-13,18-19H,14-17H2,1-4H3,(H,30,37)(H,31,32). The minimum atomic E-state index is -0.529. The van der Waals surface area contributed by atoms with Gasteiger partial charge in [-0.1, -0.05) is 42.5 Å². The van der Waals surface area contributed by atoms with Crippen LogP contribution in [-0.2, 0) is 11.8 Å². The van der Waals surface area contributed by atoms with Crippen LogP contribution >= 0.6 is 11.3 Å². The summed E-state index contributed by atoms with van der Waals surface area (Å²) in [5.41, 5.74) is 3.26. The molecule has 10 nitrogen and oxygen atoms in total. The Balaban J connectivity index is 1.22. The number of benzene rings is 2. The fourth-order valence-corrected chi connectivity index (χ4v) is 5.07. The van der Waals surface area contributed by atoms with E-state index in [2.05, 4.69) is 25.6 Å². The molecule has 0 aliphatic carbocycles. The largest absolute Gasteiger partial charge is 0.444 e. The maximum atomic E-state index is 13.1. The number of hydrogen-bond acceptors (Lipinski definition) is 8. The Kier molecular flexibility index (Phi) is 7.74. The molecule has 40 heavy (non-hydrogen) atoms.